The number of fused-ring (bicyclic) bond motifs is 1. The van der Waals surface area contributed by atoms with E-state index in [-0.39, 0.29) is 11.9 Å². The number of carbonyl (C=O) groups excluding carboxylic acids is 1. The number of carboxylic acid groups (broad SMARTS) is 1. The molecule has 0 spiro atoms. The number of benzene rings is 1. The van der Waals surface area contributed by atoms with E-state index in [1.807, 2.05) is 30.3 Å². The first kappa shape index (κ1) is 29.1. The van der Waals surface area contributed by atoms with Gasteiger partial charge in [0.05, 0.1) is 24.8 Å². The number of carbonyl (C=O) groups is 2. The third-order valence-corrected chi connectivity index (χ3v) is 7.15. The van der Waals surface area contributed by atoms with E-state index >= 15 is 0 Å². The fourth-order valence-electron chi connectivity index (χ4n) is 4.85. The number of anilines is 2. The van der Waals surface area contributed by atoms with Crippen molar-refractivity contribution in [3.8, 4) is 0 Å². The monoisotopic (exact) mass is 565 g/mol. The number of rotatable bonds is 4. The molecule has 1 unspecified atom stereocenters. The van der Waals surface area contributed by atoms with Crippen LogP contribution in [0.4, 0.5) is 11.5 Å². The Kier molecular flexibility index (Phi) is 9.78. The van der Waals surface area contributed by atoms with Crippen molar-refractivity contribution in [2.24, 2.45) is 5.92 Å². The second-order valence-corrected chi connectivity index (χ2v) is 10.3. The summed E-state index contributed by atoms with van der Waals surface area (Å²) in [6.45, 7) is 9.80. The summed E-state index contributed by atoms with van der Waals surface area (Å²) in [4.78, 5) is 42.0. The van der Waals surface area contributed by atoms with Gasteiger partial charge in [0.15, 0.2) is 16.6 Å². The molecule has 2 aliphatic heterocycles. The number of morpholine rings is 1. The van der Waals surface area contributed by atoms with Crippen molar-refractivity contribution in [3.05, 3.63) is 54.6 Å². The number of nitrogens with zero attached hydrogens (tertiary/aromatic N) is 6. The first-order valence-corrected chi connectivity index (χ1v) is 13.7. The van der Waals surface area contributed by atoms with Gasteiger partial charge in [0, 0.05) is 69.3 Å². The maximum absolute atomic E-state index is 13.3. The predicted octanol–water partition coefficient (Wildman–Crippen LogP) is 3.13. The summed E-state index contributed by atoms with van der Waals surface area (Å²) in [6.07, 6.45) is 5.04. The lowest BCUT2D eigenvalue weighted by molar-refractivity contribution is -0.134. The van der Waals surface area contributed by atoms with E-state index in [0.29, 0.717) is 68.5 Å². The van der Waals surface area contributed by atoms with Crippen molar-refractivity contribution in [1.29, 1.82) is 0 Å². The lowest BCUT2D eigenvalue weighted by Crippen LogP contribution is -2.58. The molecule has 2 fully saturated rings. The van der Waals surface area contributed by atoms with E-state index < -0.39 is 5.97 Å². The number of ether oxygens (including phenoxy) is 1. The Morgan fingerprint density at radius 2 is 1.75 bits per heavy atom. The Balaban J connectivity index is 0.000000867. The van der Waals surface area contributed by atoms with Crippen molar-refractivity contribution < 1.29 is 19.4 Å². The standard InChI is InChI=1S/C26H31N7O2S.C2H4O2/c1-18(2)22-17-32(24-23(28-9-10-29-24)25(34)31-13-15-35-16-14-31)11-12-33(22)26(36)30-21-7-3-6-20-19(21)5-4-8-27-20;1-2(3)4/h3-10,18,22H,11-17H2,1-2H3,(H,30,36);1H3,(H,3,4). The number of amides is 1. The van der Waals surface area contributed by atoms with Gasteiger partial charge in [-0.25, -0.2) is 9.97 Å². The molecule has 11 nitrogen and oxygen atoms in total. The molecule has 212 valence electrons. The zero-order chi connectivity index (χ0) is 28.6. The Hall–Kier alpha value is -3.90. The van der Waals surface area contributed by atoms with Crippen LogP contribution in [-0.4, -0.2) is 98.8 Å². The number of pyridine rings is 1. The summed E-state index contributed by atoms with van der Waals surface area (Å²) < 4.78 is 5.41. The molecule has 12 heteroatoms. The summed E-state index contributed by atoms with van der Waals surface area (Å²) in [5.41, 5.74) is 2.28. The molecule has 4 heterocycles. The van der Waals surface area contributed by atoms with Crippen LogP contribution in [0.15, 0.2) is 48.9 Å². The Labute approximate surface area is 239 Å². The maximum Gasteiger partial charge on any atom is 0.300 e. The molecule has 1 atom stereocenters. The van der Waals surface area contributed by atoms with Crippen LogP contribution in [0.25, 0.3) is 10.9 Å². The molecule has 0 saturated carbocycles. The van der Waals surface area contributed by atoms with Gasteiger partial charge in [-0.15, -0.1) is 0 Å². The van der Waals surface area contributed by atoms with Gasteiger partial charge in [-0.2, -0.15) is 0 Å². The highest BCUT2D eigenvalue weighted by Crippen LogP contribution is 2.27. The van der Waals surface area contributed by atoms with Gasteiger partial charge in [-0.05, 0) is 42.4 Å². The number of piperazine rings is 1. The topological polar surface area (TPSA) is 124 Å². The van der Waals surface area contributed by atoms with Gasteiger partial charge in [0.25, 0.3) is 11.9 Å². The fraction of sp³-hybridized carbons (Fsp3) is 0.429. The van der Waals surface area contributed by atoms with Crippen molar-refractivity contribution in [2.75, 3.05) is 56.2 Å². The van der Waals surface area contributed by atoms with E-state index in [1.165, 1.54) is 0 Å². The fourth-order valence-corrected chi connectivity index (χ4v) is 5.19. The van der Waals surface area contributed by atoms with E-state index in [9.17, 15) is 4.79 Å². The average molecular weight is 566 g/mol. The molecule has 1 aromatic carbocycles. The van der Waals surface area contributed by atoms with Gasteiger partial charge >= 0.3 is 0 Å². The summed E-state index contributed by atoms with van der Waals surface area (Å²) in [6, 6.07) is 10.1. The molecular weight excluding hydrogens is 530 g/mol. The van der Waals surface area contributed by atoms with E-state index in [2.05, 4.69) is 43.9 Å². The van der Waals surface area contributed by atoms with Gasteiger partial charge in [-0.3, -0.25) is 14.6 Å². The minimum atomic E-state index is -0.833. The number of hydrogen-bond acceptors (Lipinski definition) is 8. The predicted molar refractivity (Wildman–Crippen MR) is 158 cm³/mol. The second-order valence-electron chi connectivity index (χ2n) is 9.91. The number of thiocarbonyl (C=S) groups is 1. The summed E-state index contributed by atoms with van der Waals surface area (Å²) >= 11 is 5.90. The molecule has 2 aliphatic rings. The van der Waals surface area contributed by atoms with Gasteiger partial charge in [0.1, 0.15) is 0 Å². The highest BCUT2D eigenvalue weighted by molar-refractivity contribution is 7.80. The third kappa shape index (κ3) is 6.99. The zero-order valence-electron chi connectivity index (χ0n) is 23.0. The number of aliphatic carboxylic acids is 1. The number of hydrogen-bond donors (Lipinski definition) is 2. The van der Waals surface area contributed by atoms with E-state index in [1.54, 1.807) is 23.5 Å². The number of nitrogens with one attached hydrogen (secondary N) is 1. The van der Waals surface area contributed by atoms with E-state index in [0.717, 1.165) is 23.5 Å². The van der Waals surface area contributed by atoms with Crippen LogP contribution in [0.2, 0.25) is 0 Å². The van der Waals surface area contributed by atoms with Gasteiger partial charge in [0.2, 0.25) is 0 Å². The number of aromatic nitrogens is 3. The summed E-state index contributed by atoms with van der Waals surface area (Å²) in [7, 11) is 0. The van der Waals surface area contributed by atoms with Crippen LogP contribution in [-0.2, 0) is 9.53 Å². The molecule has 2 N–H and O–H groups in total. The second kappa shape index (κ2) is 13.4. The van der Waals surface area contributed by atoms with Crippen molar-refractivity contribution >= 4 is 51.6 Å². The Morgan fingerprint density at radius 3 is 2.48 bits per heavy atom. The largest absolute Gasteiger partial charge is 0.481 e. The van der Waals surface area contributed by atoms with Crippen LogP contribution in [0.3, 0.4) is 0 Å². The molecule has 0 radical (unpaired) electrons. The van der Waals surface area contributed by atoms with Gasteiger partial charge < -0.3 is 29.9 Å². The lowest BCUT2D eigenvalue weighted by Gasteiger charge is -2.45. The van der Waals surface area contributed by atoms with Crippen LogP contribution in [0, 0.1) is 5.92 Å². The Morgan fingerprint density at radius 1 is 1.02 bits per heavy atom. The molecule has 5 rings (SSSR count). The molecule has 0 aliphatic carbocycles. The summed E-state index contributed by atoms with van der Waals surface area (Å²) in [5.74, 6) is 0.0433. The van der Waals surface area contributed by atoms with Gasteiger partial charge in [-0.1, -0.05) is 19.9 Å². The highest BCUT2D eigenvalue weighted by Gasteiger charge is 2.34. The van der Waals surface area contributed by atoms with Crippen molar-refractivity contribution in [3.63, 3.8) is 0 Å². The van der Waals surface area contributed by atoms with Crippen molar-refractivity contribution in [2.45, 2.75) is 26.8 Å². The molecule has 1 amide bonds. The summed E-state index contributed by atoms with van der Waals surface area (Å²) in [5, 5.41) is 12.6. The molecule has 2 saturated heterocycles. The quantitative estimate of drug-likeness (QED) is 0.454. The zero-order valence-corrected chi connectivity index (χ0v) is 23.8. The maximum atomic E-state index is 13.3. The minimum absolute atomic E-state index is 0.0910. The Bertz CT molecular complexity index is 1340. The minimum Gasteiger partial charge on any atom is -0.481 e. The number of carboxylic acids is 1. The normalized spacial score (nSPS) is 17.3. The third-order valence-electron chi connectivity index (χ3n) is 6.82. The molecular formula is C28H35N7O4S. The van der Waals surface area contributed by atoms with Crippen LogP contribution in [0.1, 0.15) is 31.3 Å². The smallest absolute Gasteiger partial charge is 0.300 e. The molecule has 40 heavy (non-hydrogen) atoms. The highest BCUT2D eigenvalue weighted by atomic mass is 32.1. The molecule has 3 aromatic rings. The molecule has 0 bridgehead atoms. The van der Waals surface area contributed by atoms with E-state index in [4.69, 9.17) is 26.9 Å². The van der Waals surface area contributed by atoms with Crippen LogP contribution < -0.4 is 10.2 Å². The first-order chi connectivity index (χ1) is 19.3. The first-order valence-electron chi connectivity index (χ1n) is 13.3. The lowest BCUT2D eigenvalue weighted by atomic mass is 9.99. The average Bonchev–Trinajstić information content (AvgIpc) is 2.97. The van der Waals surface area contributed by atoms with Crippen molar-refractivity contribution in [1.82, 2.24) is 24.8 Å². The molecule has 2 aromatic heterocycles. The SMILES string of the molecule is CC(=O)O.CC(C)C1CN(c2nccnc2C(=O)N2CCOCC2)CCN1C(=S)Nc1cccc2ncccc12. The van der Waals surface area contributed by atoms with Crippen LogP contribution >= 0.6 is 12.2 Å². The van der Waals surface area contributed by atoms with Crippen LogP contribution in [0.5, 0.6) is 0 Å².